The normalized spacial score (nSPS) is 15.8. The van der Waals surface area contributed by atoms with E-state index < -0.39 is 0 Å². The van der Waals surface area contributed by atoms with Gasteiger partial charge in [0, 0.05) is 60.2 Å². The first kappa shape index (κ1) is 33.0. The SMILES string of the molecule is C1=CC2c3ccc4c(sc5cc(N(c6ccccc6)c6cccc7ccccc67)c6ccccc6c54)c3OC2C=C1N(c1ccccc1)c1cccc2ccccc12. The molecule has 1 aliphatic carbocycles. The topological polar surface area (TPSA) is 15.7 Å². The van der Waals surface area contributed by atoms with E-state index in [2.05, 4.69) is 216 Å². The van der Waals surface area contributed by atoms with E-state index in [0.717, 1.165) is 39.9 Å². The van der Waals surface area contributed by atoms with Crippen LogP contribution in [-0.4, -0.2) is 6.10 Å². The number of anilines is 5. The van der Waals surface area contributed by atoms with Gasteiger partial charge in [0.25, 0.3) is 0 Å². The second-order valence-corrected chi connectivity index (χ2v) is 16.2. The summed E-state index contributed by atoms with van der Waals surface area (Å²) in [5.41, 5.74) is 8.06. The van der Waals surface area contributed by atoms with Gasteiger partial charge in [-0.1, -0.05) is 152 Å². The van der Waals surface area contributed by atoms with Gasteiger partial charge in [0.1, 0.15) is 11.9 Å². The van der Waals surface area contributed by atoms with Gasteiger partial charge in [0.05, 0.1) is 21.8 Å². The highest BCUT2D eigenvalue weighted by molar-refractivity contribution is 7.26. The van der Waals surface area contributed by atoms with E-state index in [4.69, 9.17) is 4.74 Å². The molecule has 0 spiro atoms. The molecule has 12 rings (SSSR count). The highest BCUT2D eigenvalue weighted by atomic mass is 32.1. The van der Waals surface area contributed by atoms with Crippen molar-refractivity contribution in [1.29, 1.82) is 0 Å². The number of hydrogen-bond acceptors (Lipinski definition) is 4. The molecule has 0 radical (unpaired) electrons. The van der Waals surface area contributed by atoms with Gasteiger partial charge in [-0.3, -0.25) is 0 Å². The van der Waals surface area contributed by atoms with Crippen molar-refractivity contribution < 1.29 is 4.74 Å². The largest absolute Gasteiger partial charge is 0.483 e. The van der Waals surface area contributed by atoms with Crippen molar-refractivity contribution in [2.75, 3.05) is 9.80 Å². The Labute approximate surface area is 340 Å². The van der Waals surface area contributed by atoms with Crippen molar-refractivity contribution in [2.24, 2.45) is 0 Å². The van der Waals surface area contributed by atoms with Crippen molar-refractivity contribution in [3.63, 3.8) is 0 Å². The van der Waals surface area contributed by atoms with Gasteiger partial charge >= 0.3 is 0 Å². The third-order valence-electron chi connectivity index (χ3n) is 11.9. The number of allylic oxidation sites excluding steroid dienone is 1. The van der Waals surface area contributed by atoms with Crippen molar-refractivity contribution in [3.8, 4) is 5.75 Å². The fourth-order valence-corrected chi connectivity index (χ4v) is 10.6. The number of hydrogen-bond donors (Lipinski definition) is 0. The lowest BCUT2D eigenvalue weighted by atomic mass is 9.90. The van der Waals surface area contributed by atoms with Crippen LogP contribution in [-0.2, 0) is 0 Å². The molecular weight excluding hydrogens is 725 g/mol. The summed E-state index contributed by atoms with van der Waals surface area (Å²) in [6.45, 7) is 0. The first-order valence-corrected chi connectivity index (χ1v) is 20.7. The smallest absolute Gasteiger partial charge is 0.142 e. The fraction of sp³-hybridized carbons (Fsp3) is 0.0370. The lowest BCUT2D eigenvalue weighted by molar-refractivity contribution is 0.270. The Kier molecular flexibility index (Phi) is 7.54. The van der Waals surface area contributed by atoms with Crippen molar-refractivity contribution in [1.82, 2.24) is 0 Å². The highest BCUT2D eigenvalue weighted by Crippen LogP contribution is 2.53. The van der Waals surface area contributed by atoms with E-state index in [1.54, 1.807) is 0 Å². The Morgan fingerprint density at radius 2 is 1.03 bits per heavy atom. The predicted molar refractivity (Wildman–Crippen MR) is 246 cm³/mol. The van der Waals surface area contributed by atoms with Gasteiger partial charge < -0.3 is 14.5 Å². The zero-order valence-corrected chi connectivity index (χ0v) is 32.3. The first-order valence-electron chi connectivity index (χ1n) is 19.9. The molecule has 1 aliphatic heterocycles. The van der Waals surface area contributed by atoms with Crippen molar-refractivity contribution >= 4 is 92.3 Å². The molecule has 10 aromatic rings. The minimum Gasteiger partial charge on any atom is -0.483 e. The van der Waals surface area contributed by atoms with Crippen LogP contribution in [0.1, 0.15) is 11.5 Å². The average Bonchev–Trinajstić information content (AvgIpc) is 3.86. The molecule has 2 unspecified atom stereocenters. The molecule has 0 amide bonds. The Balaban J connectivity index is 1.01. The van der Waals surface area contributed by atoms with Crippen molar-refractivity contribution in [2.45, 2.75) is 12.0 Å². The highest BCUT2D eigenvalue weighted by Gasteiger charge is 2.37. The Hall–Kier alpha value is -7.14. The van der Waals surface area contributed by atoms with Crippen LogP contribution in [0.15, 0.2) is 212 Å². The maximum atomic E-state index is 7.12. The summed E-state index contributed by atoms with van der Waals surface area (Å²) in [5.74, 6) is 1.14. The Morgan fingerprint density at radius 1 is 0.466 bits per heavy atom. The fourth-order valence-electron chi connectivity index (χ4n) is 9.35. The monoisotopic (exact) mass is 760 g/mol. The quantitative estimate of drug-likeness (QED) is 0.168. The molecule has 1 aromatic heterocycles. The number of para-hydroxylation sites is 2. The minimum atomic E-state index is -0.126. The summed E-state index contributed by atoms with van der Waals surface area (Å²) in [6.07, 6.45) is 6.84. The van der Waals surface area contributed by atoms with Gasteiger partial charge in [-0.15, -0.1) is 11.3 Å². The molecule has 0 saturated heterocycles. The van der Waals surface area contributed by atoms with Crippen molar-refractivity contribution in [3.05, 3.63) is 218 Å². The Morgan fingerprint density at radius 3 is 1.72 bits per heavy atom. The summed E-state index contributed by atoms with van der Waals surface area (Å²) in [6, 6.07) is 67.9. The number of thiophene rings is 1. The molecular formula is C54H36N2OS. The summed E-state index contributed by atoms with van der Waals surface area (Å²) in [5, 5.41) is 9.85. The van der Waals surface area contributed by atoms with Gasteiger partial charge in [0.2, 0.25) is 0 Å². The van der Waals surface area contributed by atoms with E-state index in [1.165, 1.54) is 58.1 Å². The van der Waals surface area contributed by atoms with Crippen LogP contribution < -0.4 is 14.5 Å². The van der Waals surface area contributed by atoms with Crippen LogP contribution in [0.4, 0.5) is 28.4 Å². The Bertz CT molecular complexity index is 3280. The van der Waals surface area contributed by atoms with Crippen LogP contribution in [0.25, 0.3) is 52.5 Å². The van der Waals surface area contributed by atoms with Gasteiger partial charge in [-0.05, 0) is 70.8 Å². The second-order valence-electron chi connectivity index (χ2n) is 15.2. The molecule has 2 atom stereocenters. The standard InChI is InChI=1S/C54H36N2OS/c1-3-19-37(20-4-1)55(47-27-13-17-35-15-7-9-23-40(35)47)39-29-30-43-45-31-32-46-52-44-26-12-11-25-42(44)49(34-51(52)58-54(46)53(45)57-50(43)33-39)56(38-21-5-2-6-22-38)48-28-14-18-36-16-8-10-24-41(36)48/h1-34,43,50H. The van der Waals surface area contributed by atoms with Gasteiger partial charge in [0.15, 0.2) is 0 Å². The van der Waals surface area contributed by atoms with Crippen LogP contribution in [0.2, 0.25) is 0 Å². The van der Waals surface area contributed by atoms with E-state index in [0.29, 0.717) is 0 Å². The summed E-state index contributed by atoms with van der Waals surface area (Å²) in [4.78, 5) is 4.81. The summed E-state index contributed by atoms with van der Waals surface area (Å²) in [7, 11) is 0. The lowest BCUT2D eigenvalue weighted by Crippen LogP contribution is -2.24. The molecule has 4 heteroatoms. The van der Waals surface area contributed by atoms with E-state index in [1.807, 2.05) is 11.3 Å². The molecule has 2 aliphatic rings. The summed E-state index contributed by atoms with van der Waals surface area (Å²) < 4.78 is 9.57. The molecule has 2 heterocycles. The second kappa shape index (κ2) is 13.2. The van der Waals surface area contributed by atoms with Crippen LogP contribution in [0.5, 0.6) is 5.75 Å². The number of ether oxygens (including phenoxy) is 1. The van der Waals surface area contributed by atoms with E-state index in [-0.39, 0.29) is 12.0 Å². The maximum absolute atomic E-state index is 7.12. The number of nitrogens with zero attached hydrogens (tertiary/aromatic N) is 2. The molecule has 0 fully saturated rings. The van der Waals surface area contributed by atoms with Gasteiger partial charge in [-0.2, -0.15) is 0 Å². The number of benzene rings is 9. The maximum Gasteiger partial charge on any atom is 0.142 e. The predicted octanol–water partition coefficient (Wildman–Crippen LogP) is 15.1. The zero-order valence-electron chi connectivity index (χ0n) is 31.5. The molecule has 58 heavy (non-hydrogen) atoms. The third-order valence-corrected chi connectivity index (χ3v) is 13.1. The van der Waals surface area contributed by atoms with E-state index in [9.17, 15) is 0 Å². The lowest BCUT2D eigenvalue weighted by Gasteiger charge is -2.30. The number of rotatable bonds is 6. The van der Waals surface area contributed by atoms with Crippen LogP contribution in [0.3, 0.4) is 0 Å². The van der Waals surface area contributed by atoms with E-state index >= 15 is 0 Å². The average molecular weight is 761 g/mol. The number of fused-ring (bicyclic) bond motifs is 11. The first-order chi connectivity index (χ1) is 28.8. The molecule has 9 aromatic carbocycles. The van der Waals surface area contributed by atoms with Crippen LogP contribution in [0, 0.1) is 0 Å². The van der Waals surface area contributed by atoms with Gasteiger partial charge in [-0.25, -0.2) is 0 Å². The third kappa shape index (κ3) is 5.12. The van der Waals surface area contributed by atoms with Crippen LogP contribution >= 0.6 is 11.3 Å². The molecule has 0 bridgehead atoms. The molecule has 0 saturated carbocycles. The summed E-state index contributed by atoms with van der Waals surface area (Å²) >= 11 is 1.85. The molecule has 0 N–H and O–H groups in total. The molecule has 274 valence electrons. The molecule has 3 nitrogen and oxygen atoms in total. The minimum absolute atomic E-state index is 0.126. The zero-order chi connectivity index (χ0) is 38.2.